The third-order valence-corrected chi connectivity index (χ3v) is 12.6. The van der Waals surface area contributed by atoms with Gasteiger partial charge in [0.25, 0.3) is 0 Å². The van der Waals surface area contributed by atoms with Crippen LogP contribution in [0.4, 0.5) is 17.3 Å². The molecule has 0 N–H and O–H groups in total. The molecule has 9 aromatic carbocycles. The van der Waals surface area contributed by atoms with E-state index in [-0.39, 0.29) is 0 Å². The van der Waals surface area contributed by atoms with E-state index in [2.05, 4.69) is 210 Å². The van der Waals surface area contributed by atoms with Gasteiger partial charge in [0, 0.05) is 44.8 Å². The van der Waals surface area contributed by atoms with Crippen molar-refractivity contribution >= 4 is 72.0 Å². The van der Waals surface area contributed by atoms with E-state index in [9.17, 15) is 0 Å². The fraction of sp³-hybridized carbons (Fsp3) is 0.0175. The van der Waals surface area contributed by atoms with Crippen molar-refractivity contribution in [1.82, 2.24) is 14.5 Å². The molecule has 12 aromatic rings. The van der Waals surface area contributed by atoms with Crippen molar-refractivity contribution in [3.05, 3.63) is 217 Å². The molecule has 0 radical (unpaired) electrons. The lowest BCUT2D eigenvalue weighted by Crippen LogP contribution is -2.21. The van der Waals surface area contributed by atoms with Crippen LogP contribution in [0.3, 0.4) is 0 Å². The summed E-state index contributed by atoms with van der Waals surface area (Å²) in [5.74, 6) is 0.635. The summed E-state index contributed by atoms with van der Waals surface area (Å²) in [4.78, 5) is 13.2. The maximum atomic E-state index is 6.55. The predicted molar refractivity (Wildman–Crippen MR) is 255 cm³/mol. The Bertz CT molecular complexity index is 3720. The quantitative estimate of drug-likeness (QED) is 0.174. The van der Waals surface area contributed by atoms with Crippen LogP contribution >= 0.6 is 0 Å². The summed E-state index contributed by atoms with van der Waals surface area (Å²) in [6, 6.07) is 73.3. The number of hydrogen-bond donors (Lipinski definition) is 0. The zero-order chi connectivity index (χ0) is 40.7. The van der Waals surface area contributed by atoms with Crippen LogP contribution in [0.5, 0.6) is 0 Å². The molecule has 62 heavy (non-hydrogen) atoms. The summed E-state index contributed by atoms with van der Waals surface area (Å²) in [5, 5.41) is 5.60. The largest absolute Gasteiger partial charge is 0.456 e. The van der Waals surface area contributed by atoms with E-state index >= 15 is 0 Å². The highest BCUT2D eigenvalue weighted by atomic mass is 16.3. The summed E-state index contributed by atoms with van der Waals surface area (Å²) >= 11 is 0. The normalized spacial score (nSPS) is 12.4. The highest BCUT2D eigenvalue weighted by Crippen LogP contribution is 2.50. The highest BCUT2D eigenvalue weighted by molar-refractivity contribution is 6.25. The number of anilines is 3. The van der Waals surface area contributed by atoms with Gasteiger partial charge in [0.05, 0.1) is 39.0 Å². The maximum absolute atomic E-state index is 6.55. The van der Waals surface area contributed by atoms with Crippen LogP contribution in [0.1, 0.15) is 11.1 Å². The van der Waals surface area contributed by atoms with Crippen LogP contribution < -0.4 is 4.90 Å². The van der Waals surface area contributed by atoms with Gasteiger partial charge in [-0.3, -0.25) is 4.90 Å². The highest BCUT2D eigenvalue weighted by Gasteiger charge is 2.31. The van der Waals surface area contributed by atoms with E-state index in [4.69, 9.17) is 14.4 Å². The van der Waals surface area contributed by atoms with Gasteiger partial charge in [0.15, 0.2) is 0 Å². The van der Waals surface area contributed by atoms with Gasteiger partial charge in [0.2, 0.25) is 5.95 Å². The van der Waals surface area contributed by atoms with Gasteiger partial charge in [-0.05, 0) is 76.3 Å². The second-order valence-corrected chi connectivity index (χ2v) is 16.1. The van der Waals surface area contributed by atoms with E-state index in [1.807, 2.05) is 6.07 Å². The van der Waals surface area contributed by atoms with E-state index in [1.165, 1.54) is 38.6 Å². The molecule has 1 aliphatic heterocycles. The minimum absolute atomic E-state index is 0.635. The third kappa shape index (κ3) is 5.28. The average molecular weight is 793 g/mol. The van der Waals surface area contributed by atoms with E-state index in [1.54, 1.807) is 0 Å². The monoisotopic (exact) mass is 792 g/mol. The van der Waals surface area contributed by atoms with Crippen molar-refractivity contribution in [3.63, 3.8) is 0 Å². The average Bonchev–Trinajstić information content (AvgIpc) is 3.90. The van der Waals surface area contributed by atoms with Crippen LogP contribution in [-0.2, 0) is 6.42 Å². The van der Waals surface area contributed by atoms with Gasteiger partial charge < -0.3 is 8.98 Å². The van der Waals surface area contributed by atoms with Crippen molar-refractivity contribution in [3.8, 4) is 39.2 Å². The predicted octanol–water partition coefficient (Wildman–Crippen LogP) is 15.0. The first-order valence-corrected chi connectivity index (χ1v) is 21.1. The first kappa shape index (κ1) is 34.6. The third-order valence-electron chi connectivity index (χ3n) is 12.6. The first-order valence-electron chi connectivity index (χ1n) is 21.1. The minimum Gasteiger partial charge on any atom is -0.456 e. The van der Waals surface area contributed by atoms with Crippen LogP contribution in [0, 0.1) is 0 Å². The van der Waals surface area contributed by atoms with Crippen molar-refractivity contribution in [1.29, 1.82) is 0 Å². The molecule has 13 rings (SSSR count). The fourth-order valence-electron chi connectivity index (χ4n) is 9.81. The lowest BCUT2D eigenvalue weighted by molar-refractivity contribution is 0.669. The zero-order valence-electron chi connectivity index (χ0n) is 33.5. The number of aromatic nitrogens is 3. The molecule has 0 amide bonds. The number of benzene rings is 9. The summed E-state index contributed by atoms with van der Waals surface area (Å²) in [6.45, 7) is 0. The molecule has 0 saturated heterocycles. The van der Waals surface area contributed by atoms with Crippen molar-refractivity contribution in [2.45, 2.75) is 6.42 Å². The zero-order valence-corrected chi connectivity index (χ0v) is 33.5. The van der Waals surface area contributed by atoms with E-state index in [0.29, 0.717) is 5.95 Å². The molecule has 3 aromatic heterocycles. The van der Waals surface area contributed by atoms with Crippen LogP contribution in [0.15, 0.2) is 211 Å². The standard InChI is InChI=1S/C57H36N4O/c1-3-14-36(15-4-1)38-26-28-39(29-27-38)54-45-21-8-10-23-48(45)58-57(59-54)61-49-24-11-7-18-41(49)35-47-50(61)32-30-43-44-31-33-52-53(46-22-9-12-25-51(46)62-52)56(44)60(55(43)47)42-20-13-19-40(34-42)37-16-5-2-6-17-37/h1-34H,35H2. The fourth-order valence-corrected chi connectivity index (χ4v) is 9.81. The Labute approximate surface area is 357 Å². The number of para-hydroxylation sites is 3. The molecule has 4 heterocycles. The molecule has 0 unspecified atom stereocenters. The SMILES string of the molecule is c1ccc(-c2ccc(-c3nc(N4c5ccccc5Cc5c4ccc4c6ccc7oc8ccccc8c7c6n(-c6cccc(-c7ccccc7)c6)c54)nc4ccccc34)cc2)cc1. The summed E-state index contributed by atoms with van der Waals surface area (Å²) in [7, 11) is 0. The van der Waals surface area contributed by atoms with Gasteiger partial charge in [-0.25, -0.2) is 9.97 Å². The Morgan fingerprint density at radius 1 is 0.419 bits per heavy atom. The molecular weight excluding hydrogens is 757 g/mol. The molecule has 0 bridgehead atoms. The van der Waals surface area contributed by atoms with Crippen molar-refractivity contribution < 1.29 is 4.42 Å². The van der Waals surface area contributed by atoms with Crippen LogP contribution in [-0.4, -0.2) is 14.5 Å². The Hall–Kier alpha value is -8.28. The Morgan fingerprint density at radius 2 is 1.06 bits per heavy atom. The molecule has 0 fully saturated rings. The minimum atomic E-state index is 0.635. The Morgan fingerprint density at radius 3 is 1.90 bits per heavy atom. The van der Waals surface area contributed by atoms with E-state index in [0.717, 1.165) is 84.2 Å². The van der Waals surface area contributed by atoms with Gasteiger partial charge in [-0.15, -0.1) is 0 Å². The van der Waals surface area contributed by atoms with Gasteiger partial charge in [-0.1, -0.05) is 158 Å². The number of hydrogen-bond acceptors (Lipinski definition) is 4. The molecular formula is C57H36N4O. The second kappa shape index (κ2) is 13.6. The molecule has 0 spiro atoms. The number of furan rings is 1. The number of rotatable bonds is 5. The number of nitrogens with zero attached hydrogens (tertiary/aromatic N) is 4. The van der Waals surface area contributed by atoms with Crippen molar-refractivity contribution in [2.75, 3.05) is 4.90 Å². The molecule has 290 valence electrons. The molecule has 5 nitrogen and oxygen atoms in total. The van der Waals surface area contributed by atoms with Crippen LogP contribution in [0.2, 0.25) is 0 Å². The molecule has 1 aliphatic rings. The topological polar surface area (TPSA) is 47.1 Å². The molecule has 0 aliphatic carbocycles. The number of fused-ring (bicyclic) bond motifs is 11. The summed E-state index contributed by atoms with van der Waals surface area (Å²) < 4.78 is 9.04. The van der Waals surface area contributed by atoms with Gasteiger partial charge in [-0.2, -0.15) is 0 Å². The Balaban J connectivity index is 1.09. The summed E-state index contributed by atoms with van der Waals surface area (Å²) in [6.07, 6.45) is 0.741. The smallest absolute Gasteiger partial charge is 0.235 e. The molecule has 0 atom stereocenters. The molecule has 0 saturated carbocycles. The lowest BCUT2D eigenvalue weighted by atomic mass is 9.93. The van der Waals surface area contributed by atoms with Gasteiger partial charge >= 0.3 is 0 Å². The van der Waals surface area contributed by atoms with Gasteiger partial charge in [0.1, 0.15) is 11.2 Å². The van der Waals surface area contributed by atoms with E-state index < -0.39 is 0 Å². The first-order chi connectivity index (χ1) is 30.7. The lowest BCUT2D eigenvalue weighted by Gasteiger charge is -2.33. The Kier molecular flexibility index (Phi) is 7.60. The second-order valence-electron chi connectivity index (χ2n) is 16.1. The molecule has 5 heteroatoms. The van der Waals surface area contributed by atoms with Crippen molar-refractivity contribution in [2.24, 2.45) is 0 Å². The van der Waals surface area contributed by atoms with Crippen LogP contribution in [0.25, 0.3) is 93.8 Å². The summed E-state index contributed by atoms with van der Waals surface area (Å²) in [5.41, 5.74) is 17.2. The maximum Gasteiger partial charge on any atom is 0.235 e.